The van der Waals surface area contributed by atoms with Crippen LogP contribution in [-0.4, -0.2) is 11.2 Å². The number of rotatable bonds is 2. The lowest BCUT2D eigenvalue weighted by Gasteiger charge is -2.17. The monoisotopic (exact) mass is 217 g/mol. The van der Waals surface area contributed by atoms with Gasteiger partial charge >= 0.3 is 0 Å². The van der Waals surface area contributed by atoms with E-state index in [2.05, 4.69) is 0 Å². The molecule has 1 aromatic carbocycles. The molecule has 1 aromatic rings. The molecule has 82 valence electrons. The second-order valence-corrected chi connectivity index (χ2v) is 3.96. The van der Waals surface area contributed by atoms with Crippen molar-refractivity contribution in [1.82, 2.24) is 0 Å². The first-order valence-electron chi connectivity index (χ1n) is 5.25. The number of benzene rings is 1. The maximum Gasteiger partial charge on any atom is 0.144 e. The van der Waals surface area contributed by atoms with Crippen molar-refractivity contribution in [3.63, 3.8) is 0 Å². The molecule has 1 aliphatic rings. The molecule has 1 aliphatic carbocycles. The highest BCUT2D eigenvalue weighted by Gasteiger charge is 2.15. The van der Waals surface area contributed by atoms with Gasteiger partial charge in [0.1, 0.15) is 11.9 Å². The fraction of sp³-hybridized carbons (Fsp3) is 0.308. The summed E-state index contributed by atoms with van der Waals surface area (Å²) >= 11 is 0. The van der Waals surface area contributed by atoms with Crippen LogP contribution in [0.1, 0.15) is 24.0 Å². The summed E-state index contributed by atoms with van der Waals surface area (Å²) in [7, 11) is 0. The van der Waals surface area contributed by atoms with Gasteiger partial charge in [0.25, 0.3) is 0 Å². The molecule has 0 spiro atoms. The summed E-state index contributed by atoms with van der Waals surface area (Å²) in [4.78, 5) is 0. The van der Waals surface area contributed by atoms with Crippen LogP contribution in [0.25, 0.3) is 6.08 Å². The lowest BCUT2D eigenvalue weighted by Crippen LogP contribution is -2.08. The molecular formula is C13H12FNO. The molecule has 1 N–H and O–H groups in total. The molecular weight excluding hydrogens is 205 g/mol. The fourth-order valence-electron chi connectivity index (χ4n) is 1.99. The Bertz CT molecular complexity index is 473. The topological polar surface area (TPSA) is 44.0 Å². The first kappa shape index (κ1) is 10.8. The highest BCUT2D eigenvalue weighted by Crippen LogP contribution is 2.28. The molecule has 0 fully saturated rings. The van der Waals surface area contributed by atoms with Gasteiger partial charge in [-0.3, -0.25) is 0 Å². The lowest BCUT2D eigenvalue weighted by molar-refractivity contribution is 0.229. The van der Waals surface area contributed by atoms with E-state index in [0.717, 1.165) is 24.0 Å². The number of hydrogen-bond acceptors (Lipinski definition) is 2. The SMILES string of the molecule is N#C[C@H](O)CC1=Cc2c(F)cccc2CC1. The van der Waals surface area contributed by atoms with Gasteiger partial charge in [0.2, 0.25) is 0 Å². The first-order chi connectivity index (χ1) is 7.70. The highest BCUT2D eigenvalue weighted by atomic mass is 19.1. The summed E-state index contributed by atoms with van der Waals surface area (Å²) in [6.45, 7) is 0. The third-order valence-corrected chi connectivity index (χ3v) is 2.81. The van der Waals surface area contributed by atoms with Crippen molar-refractivity contribution in [2.75, 3.05) is 0 Å². The molecule has 0 amide bonds. The second kappa shape index (κ2) is 4.46. The summed E-state index contributed by atoms with van der Waals surface area (Å²) < 4.78 is 13.5. The van der Waals surface area contributed by atoms with E-state index in [1.807, 2.05) is 6.07 Å². The van der Waals surface area contributed by atoms with Crippen LogP contribution in [0, 0.1) is 17.1 Å². The van der Waals surface area contributed by atoms with Crippen LogP contribution in [0.3, 0.4) is 0 Å². The number of nitriles is 1. The number of nitrogens with zero attached hydrogens (tertiary/aromatic N) is 1. The molecule has 2 rings (SSSR count). The zero-order chi connectivity index (χ0) is 11.5. The molecule has 0 saturated carbocycles. The summed E-state index contributed by atoms with van der Waals surface area (Å²) in [5.74, 6) is -0.235. The third kappa shape index (κ3) is 2.12. The molecule has 0 unspecified atom stereocenters. The molecule has 1 atom stereocenters. The van der Waals surface area contributed by atoms with Gasteiger partial charge in [-0.15, -0.1) is 0 Å². The van der Waals surface area contributed by atoms with Crippen molar-refractivity contribution in [3.05, 3.63) is 40.7 Å². The average molecular weight is 217 g/mol. The zero-order valence-corrected chi connectivity index (χ0v) is 8.78. The highest BCUT2D eigenvalue weighted by molar-refractivity contribution is 5.60. The Morgan fingerprint density at radius 1 is 1.44 bits per heavy atom. The van der Waals surface area contributed by atoms with Gasteiger partial charge in [0.05, 0.1) is 6.07 Å². The largest absolute Gasteiger partial charge is 0.378 e. The standard InChI is InChI=1S/C13H12FNO/c14-13-3-1-2-10-5-4-9(7-12(10)13)6-11(16)8-15/h1-3,7,11,16H,4-6H2/t11-/m1/s1. The maximum absolute atomic E-state index is 13.5. The minimum atomic E-state index is -0.987. The number of fused-ring (bicyclic) bond motifs is 1. The lowest BCUT2D eigenvalue weighted by atomic mass is 9.89. The Kier molecular flexibility index (Phi) is 3.02. The maximum atomic E-state index is 13.5. The molecule has 0 heterocycles. The minimum Gasteiger partial charge on any atom is -0.378 e. The summed E-state index contributed by atoms with van der Waals surface area (Å²) in [6.07, 6.45) is 2.64. The second-order valence-electron chi connectivity index (χ2n) is 3.96. The molecule has 0 aliphatic heterocycles. The first-order valence-corrected chi connectivity index (χ1v) is 5.25. The normalized spacial score (nSPS) is 15.9. The van der Waals surface area contributed by atoms with Crippen molar-refractivity contribution < 1.29 is 9.50 Å². The molecule has 0 saturated heterocycles. The van der Waals surface area contributed by atoms with E-state index in [4.69, 9.17) is 5.26 Å². The third-order valence-electron chi connectivity index (χ3n) is 2.81. The smallest absolute Gasteiger partial charge is 0.144 e. The number of aryl methyl sites for hydroxylation is 1. The predicted molar refractivity (Wildman–Crippen MR) is 58.9 cm³/mol. The number of aliphatic hydroxyl groups excluding tert-OH is 1. The van der Waals surface area contributed by atoms with Crippen LogP contribution in [0.15, 0.2) is 23.8 Å². The van der Waals surface area contributed by atoms with Crippen molar-refractivity contribution in [2.24, 2.45) is 0 Å². The molecule has 3 heteroatoms. The van der Waals surface area contributed by atoms with Gasteiger partial charge in [0.15, 0.2) is 0 Å². The van der Waals surface area contributed by atoms with Crippen LogP contribution in [0.5, 0.6) is 0 Å². The van der Waals surface area contributed by atoms with Crippen molar-refractivity contribution in [3.8, 4) is 6.07 Å². The van der Waals surface area contributed by atoms with Gasteiger partial charge in [-0.1, -0.05) is 23.8 Å². The van der Waals surface area contributed by atoms with Gasteiger partial charge < -0.3 is 5.11 Å². The summed E-state index contributed by atoms with van der Waals surface area (Å²) in [5, 5.41) is 17.7. The van der Waals surface area contributed by atoms with Gasteiger partial charge in [-0.05, 0) is 24.5 Å². The fourth-order valence-corrected chi connectivity index (χ4v) is 1.99. The molecule has 0 aromatic heterocycles. The quantitative estimate of drug-likeness (QED) is 0.773. The molecule has 2 nitrogen and oxygen atoms in total. The van der Waals surface area contributed by atoms with E-state index in [0.29, 0.717) is 12.0 Å². The van der Waals surface area contributed by atoms with Crippen LogP contribution in [0.4, 0.5) is 4.39 Å². The number of aliphatic hydroxyl groups is 1. The van der Waals surface area contributed by atoms with E-state index in [9.17, 15) is 9.50 Å². The Morgan fingerprint density at radius 3 is 3.00 bits per heavy atom. The summed E-state index contributed by atoms with van der Waals surface area (Å²) in [6, 6.07) is 6.82. The van der Waals surface area contributed by atoms with E-state index in [1.54, 1.807) is 18.2 Å². The minimum absolute atomic E-state index is 0.235. The molecule has 0 bridgehead atoms. The Morgan fingerprint density at radius 2 is 2.25 bits per heavy atom. The van der Waals surface area contributed by atoms with Crippen molar-refractivity contribution >= 4 is 6.08 Å². The average Bonchev–Trinajstić information content (AvgIpc) is 2.30. The van der Waals surface area contributed by atoms with Crippen molar-refractivity contribution in [2.45, 2.75) is 25.4 Å². The number of hydrogen-bond donors (Lipinski definition) is 1. The molecule has 0 radical (unpaired) electrons. The van der Waals surface area contributed by atoms with E-state index in [1.165, 1.54) is 6.07 Å². The van der Waals surface area contributed by atoms with Crippen LogP contribution >= 0.6 is 0 Å². The zero-order valence-electron chi connectivity index (χ0n) is 8.78. The van der Waals surface area contributed by atoms with Crippen LogP contribution < -0.4 is 0 Å². The van der Waals surface area contributed by atoms with Gasteiger partial charge in [-0.2, -0.15) is 5.26 Å². The molecule has 16 heavy (non-hydrogen) atoms. The van der Waals surface area contributed by atoms with Crippen LogP contribution in [-0.2, 0) is 6.42 Å². The van der Waals surface area contributed by atoms with Gasteiger partial charge in [0, 0.05) is 12.0 Å². The van der Waals surface area contributed by atoms with E-state index >= 15 is 0 Å². The van der Waals surface area contributed by atoms with Gasteiger partial charge in [-0.25, -0.2) is 4.39 Å². The predicted octanol–water partition coefficient (Wildman–Crippen LogP) is 2.43. The Balaban J connectivity index is 2.28. The Labute approximate surface area is 93.6 Å². The van der Waals surface area contributed by atoms with Crippen molar-refractivity contribution in [1.29, 1.82) is 5.26 Å². The van der Waals surface area contributed by atoms with E-state index in [-0.39, 0.29) is 5.82 Å². The number of halogens is 1. The van der Waals surface area contributed by atoms with E-state index < -0.39 is 6.10 Å². The summed E-state index contributed by atoms with van der Waals surface area (Å²) in [5.41, 5.74) is 2.54. The van der Waals surface area contributed by atoms with Crippen LogP contribution in [0.2, 0.25) is 0 Å². The Hall–Kier alpha value is -1.66.